The zero-order chi connectivity index (χ0) is 16.7. The van der Waals surface area contributed by atoms with Gasteiger partial charge >= 0.3 is 0 Å². The number of nitrogens with one attached hydrogen (secondary N) is 1. The Labute approximate surface area is 137 Å². The van der Waals surface area contributed by atoms with Crippen LogP contribution in [0.15, 0.2) is 35.9 Å². The van der Waals surface area contributed by atoms with Crippen LogP contribution in [-0.2, 0) is 4.79 Å². The molecule has 0 aliphatic heterocycles. The van der Waals surface area contributed by atoms with Gasteiger partial charge in [0, 0.05) is 12.1 Å². The minimum atomic E-state index is -0.557. The van der Waals surface area contributed by atoms with Crippen LogP contribution < -0.4 is 10.1 Å². The van der Waals surface area contributed by atoms with Crippen molar-refractivity contribution in [3.05, 3.63) is 41.5 Å². The molecule has 0 aromatic heterocycles. The monoisotopic (exact) mass is 315 g/mol. The predicted octanol–water partition coefficient (Wildman–Crippen LogP) is 3.66. The molecule has 124 valence electrons. The molecule has 23 heavy (non-hydrogen) atoms. The standard InChI is InChI=1S/C19H25NO3/c1-14(21)17-8-10-18(11-9-17)23-15(2)19(22)20-13-12-16-6-4-3-5-7-16/h6,8-11,15H,3-5,7,12-13H2,1-2H3,(H,20,22)/t15-/m1/s1. The fourth-order valence-electron chi connectivity index (χ4n) is 2.65. The summed E-state index contributed by atoms with van der Waals surface area (Å²) in [6, 6.07) is 6.84. The number of ether oxygens (including phenoxy) is 1. The minimum absolute atomic E-state index is 0.0133. The molecule has 0 heterocycles. The maximum atomic E-state index is 12.1. The van der Waals surface area contributed by atoms with Gasteiger partial charge in [-0.05, 0) is 70.2 Å². The van der Waals surface area contributed by atoms with Crippen molar-refractivity contribution in [2.75, 3.05) is 6.54 Å². The highest BCUT2D eigenvalue weighted by Gasteiger charge is 2.14. The van der Waals surface area contributed by atoms with Gasteiger partial charge in [0.05, 0.1) is 0 Å². The van der Waals surface area contributed by atoms with Crippen LogP contribution in [0.1, 0.15) is 56.3 Å². The van der Waals surface area contributed by atoms with Gasteiger partial charge in [-0.15, -0.1) is 0 Å². The van der Waals surface area contributed by atoms with Gasteiger partial charge in [0.25, 0.3) is 5.91 Å². The Hall–Kier alpha value is -2.10. The van der Waals surface area contributed by atoms with Crippen molar-refractivity contribution in [2.24, 2.45) is 0 Å². The highest BCUT2D eigenvalue weighted by atomic mass is 16.5. The smallest absolute Gasteiger partial charge is 0.260 e. The highest BCUT2D eigenvalue weighted by Crippen LogP contribution is 2.19. The number of rotatable bonds is 7. The molecule has 0 spiro atoms. The summed E-state index contributed by atoms with van der Waals surface area (Å²) in [6.45, 7) is 3.91. The van der Waals surface area contributed by atoms with Crippen LogP contribution in [0.25, 0.3) is 0 Å². The van der Waals surface area contributed by atoms with Gasteiger partial charge in [0.1, 0.15) is 5.75 Å². The average Bonchev–Trinajstić information content (AvgIpc) is 2.56. The second-order valence-corrected chi connectivity index (χ2v) is 5.99. The summed E-state index contributed by atoms with van der Waals surface area (Å²) in [5, 5.41) is 2.92. The lowest BCUT2D eigenvalue weighted by atomic mass is 9.97. The van der Waals surface area contributed by atoms with E-state index in [4.69, 9.17) is 4.74 Å². The zero-order valence-corrected chi connectivity index (χ0v) is 13.9. The molecule has 1 N–H and O–H groups in total. The third-order valence-corrected chi connectivity index (χ3v) is 4.07. The van der Waals surface area contributed by atoms with Crippen LogP contribution in [0.4, 0.5) is 0 Å². The molecule has 1 amide bonds. The first-order valence-corrected chi connectivity index (χ1v) is 8.29. The summed E-state index contributed by atoms with van der Waals surface area (Å²) in [6.07, 6.45) is 7.53. The number of amides is 1. The molecule has 1 atom stereocenters. The van der Waals surface area contributed by atoms with Gasteiger partial charge in [0.15, 0.2) is 11.9 Å². The van der Waals surface area contributed by atoms with E-state index >= 15 is 0 Å². The summed E-state index contributed by atoms with van der Waals surface area (Å²) in [5.74, 6) is 0.490. The molecule has 0 fully saturated rings. The van der Waals surface area contributed by atoms with Gasteiger partial charge in [-0.2, -0.15) is 0 Å². The first-order chi connectivity index (χ1) is 11.1. The molecule has 2 rings (SSSR count). The Morgan fingerprint density at radius 2 is 1.96 bits per heavy atom. The van der Waals surface area contributed by atoms with E-state index in [1.807, 2.05) is 0 Å². The number of carbonyl (C=O) groups is 2. The third-order valence-electron chi connectivity index (χ3n) is 4.07. The molecule has 0 saturated carbocycles. The Kier molecular flexibility index (Phi) is 6.39. The fraction of sp³-hybridized carbons (Fsp3) is 0.474. The quantitative estimate of drug-likeness (QED) is 0.617. The number of allylic oxidation sites excluding steroid dienone is 1. The number of benzene rings is 1. The number of hydrogen-bond acceptors (Lipinski definition) is 3. The van der Waals surface area contributed by atoms with Crippen molar-refractivity contribution in [3.8, 4) is 5.75 Å². The minimum Gasteiger partial charge on any atom is -0.481 e. The fourth-order valence-corrected chi connectivity index (χ4v) is 2.65. The van der Waals surface area contributed by atoms with Crippen LogP contribution in [-0.4, -0.2) is 24.3 Å². The second-order valence-electron chi connectivity index (χ2n) is 5.99. The molecule has 0 saturated heterocycles. The zero-order valence-electron chi connectivity index (χ0n) is 13.9. The predicted molar refractivity (Wildman–Crippen MR) is 90.7 cm³/mol. The molecule has 1 aromatic rings. The molecule has 0 radical (unpaired) electrons. The van der Waals surface area contributed by atoms with E-state index in [0.29, 0.717) is 17.9 Å². The normalized spacial score (nSPS) is 15.5. The molecular weight excluding hydrogens is 290 g/mol. The summed E-state index contributed by atoms with van der Waals surface area (Å²) in [5.41, 5.74) is 2.08. The summed E-state index contributed by atoms with van der Waals surface area (Å²) in [4.78, 5) is 23.3. The lowest BCUT2D eigenvalue weighted by Gasteiger charge is -2.16. The summed E-state index contributed by atoms with van der Waals surface area (Å²) < 4.78 is 5.62. The maximum Gasteiger partial charge on any atom is 0.260 e. The van der Waals surface area contributed by atoms with Crippen molar-refractivity contribution in [2.45, 2.75) is 52.1 Å². The van der Waals surface area contributed by atoms with Crippen molar-refractivity contribution in [1.82, 2.24) is 5.32 Å². The largest absolute Gasteiger partial charge is 0.481 e. The molecule has 0 unspecified atom stereocenters. The lowest BCUT2D eigenvalue weighted by Crippen LogP contribution is -2.37. The number of Topliss-reactive ketones (excluding diaryl/α,β-unsaturated/α-hetero) is 1. The SMILES string of the molecule is CC(=O)c1ccc(O[C@H](C)C(=O)NCCC2=CCCCC2)cc1. The van der Waals surface area contributed by atoms with E-state index in [-0.39, 0.29) is 11.7 Å². The molecule has 1 aliphatic carbocycles. The topological polar surface area (TPSA) is 55.4 Å². The number of hydrogen-bond donors (Lipinski definition) is 1. The first-order valence-electron chi connectivity index (χ1n) is 8.29. The number of ketones is 1. The van der Waals surface area contributed by atoms with E-state index in [1.54, 1.807) is 31.2 Å². The molecule has 4 heteroatoms. The van der Waals surface area contributed by atoms with Crippen LogP contribution in [0.3, 0.4) is 0 Å². The van der Waals surface area contributed by atoms with Crippen molar-refractivity contribution in [1.29, 1.82) is 0 Å². The molecule has 1 aliphatic rings. The van der Waals surface area contributed by atoms with E-state index in [9.17, 15) is 9.59 Å². The third kappa shape index (κ3) is 5.55. The average molecular weight is 315 g/mol. The lowest BCUT2D eigenvalue weighted by molar-refractivity contribution is -0.127. The highest BCUT2D eigenvalue weighted by molar-refractivity contribution is 5.94. The van der Waals surface area contributed by atoms with E-state index in [0.717, 1.165) is 12.8 Å². The van der Waals surface area contributed by atoms with E-state index in [1.165, 1.54) is 31.8 Å². The van der Waals surface area contributed by atoms with Crippen molar-refractivity contribution < 1.29 is 14.3 Å². The molecule has 1 aromatic carbocycles. The van der Waals surface area contributed by atoms with Crippen LogP contribution in [0, 0.1) is 0 Å². The van der Waals surface area contributed by atoms with Crippen LogP contribution in [0.5, 0.6) is 5.75 Å². The van der Waals surface area contributed by atoms with Gasteiger partial charge in [0.2, 0.25) is 0 Å². The molecular formula is C19H25NO3. The second kappa shape index (κ2) is 8.51. The summed E-state index contributed by atoms with van der Waals surface area (Å²) in [7, 11) is 0. The molecule has 0 bridgehead atoms. The Morgan fingerprint density at radius 3 is 2.57 bits per heavy atom. The van der Waals surface area contributed by atoms with Gasteiger partial charge in [-0.1, -0.05) is 11.6 Å². The van der Waals surface area contributed by atoms with Crippen molar-refractivity contribution >= 4 is 11.7 Å². The Morgan fingerprint density at radius 1 is 1.22 bits per heavy atom. The summed E-state index contributed by atoms with van der Waals surface area (Å²) >= 11 is 0. The Bertz CT molecular complexity index is 575. The van der Waals surface area contributed by atoms with E-state index < -0.39 is 6.10 Å². The van der Waals surface area contributed by atoms with Crippen LogP contribution >= 0.6 is 0 Å². The van der Waals surface area contributed by atoms with E-state index in [2.05, 4.69) is 11.4 Å². The Balaban J connectivity index is 1.75. The van der Waals surface area contributed by atoms with Crippen molar-refractivity contribution in [3.63, 3.8) is 0 Å². The maximum absolute atomic E-state index is 12.1. The van der Waals surface area contributed by atoms with Gasteiger partial charge in [-0.3, -0.25) is 9.59 Å². The number of carbonyl (C=O) groups excluding carboxylic acids is 2. The van der Waals surface area contributed by atoms with Gasteiger partial charge in [-0.25, -0.2) is 0 Å². The molecule has 4 nitrogen and oxygen atoms in total. The van der Waals surface area contributed by atoms with Crippen LogP contribution in [0.2, 0.25) is 0 Å². The first kappa shape index (κ1) is 17.3. The van der Waals surface area contributed by atoms with Gasteiger partial charge < -0.3 is 10.1 Å².